The highest BCUT2D eigenvalue weighted by Crippen LogP contribution is 2.33. The maximum absolute atomic E-state index is 13.8. The average molecular weight is 433 g/mol. The molecule has 0 N–H and O–H groups in total. The second-order valence-corrected chi connectivity index (χ2v) is 10.4. The summed E-state index contributed by atoms with van der Waals surface area (Å²) in [5.41, 5.74) is 0. The lowest BCUT2D eigenvalue weighted by atomic mass is 9.83. The van der Waals surface area contributed by atoms with E-state index in [1.165, 1.54) is 57.8 Å². The molecular formula is C25H44N4O2+. The van der Waals surface area contributed by atoms with Gasteiger partial charge in [-0.25, -0.2) is 4.79 Å². The van der Waals surface area contributed by atoms with Crippen molar-refractivity contribution in [3.05, 3.63) is 0 Å². The lowest BCUT2D eigenvalue weighted by molar-refractivity contribution is 0.0632. The van der Waals surface area contributed by atoms with Gasteiger partial charge in [0.15, 0.2) is 6.54 Å². The number of hydrazine groups is 1. The fourth-order valence-corrected chi connectivity index (χ4v) is 5.29. The highest BCUT2D eigenvalue weighted by molar-refractivity contribution is 5.82. The molecule has 4 aliphatic rings. The molecule has 0 unspecified atom stereocenters. The Labute approximate surface area is 189 Å². The summed E-state index contributed by atoms with van der Waals surface area (Å²) in [5.74, 6) is 1.49. The van der Waals surface area contributed by atoms with Gasteiger partial charge in [0.25, 0.3) is 0 Å². The van der Waals surface area contributed by atoms with E-state index in [0.29, 0.717) is 13.1 Å². The molecule has 175 valence electrons. The summed E-state index contributed by atoms with van der Waals surface area (Å²) < 4.78 is 0. The maximum atomic E-state index is 13.8. The molecule has 4 amide bonds. The zero-order chi connectivity index (χ0) is 21.5. The van der Waals surface area contributed by atoms with Crippen LogP contribution in [0.1, 0.15) is 96.3 Å². The molecular weight excluding hydrogens is 388 g/mol. The second kappa shape index (κ2) is 11.5. The highest BCUT2D eigenvalue weighted by atomic mass is 16.2. The lowest BCUT2D eigenvalue weighted by Crippen LogP contribution is -2.62. The largest absolute Gasteiger partial charge is 0.495 e. The first kappa shape index (κ1) is 22.9. The van der Waals surface area contributed by atoms with Crippen LogP contribution in [0.3, 0.4) is 0 Å². The number of amides is 4. The molecule has 0 aromatic carbocycles. The van der Waals surface area contributed by atoms with Gasteiger partial charge in [0.2, 0.25) is 0 Å². The van der Waals surface area contributed by atoms with Gasteiger partial charge in [-0.15, -0.1) is 5.01 Å². The minimum Gasteiger partial charge on any atom is -0.321 e. The predicted octanol–water partition coefficient (Wildman–Crippen LogP) is 5.33. The van der Waals surface area contributed by atoms with Crippen molar-refractivity contribution in [2.24, 2.45) is 11.8 Å². The summed E-state index contributed by atoms with van der Waals surface area (Å²) in [6.45, 7) is 4.76. The fourth-order valence-electron chi connectivity index (χ4n) is 5.29. The molecule has 0 bridgehead atoms. The molecule has 2 heterocycles. The van der Waals surface area contributed by atoms with Crippen molar-refractivity contribution >= 4 is 12.1 Å². The molecule has 0 spiro atoms. The number of carbonyl (C=O) groups excluding carboxylic acids is 2. The first-order valence-electron chi connectivity index (χ1n) is 13.3. The van der Waals surface area contributed by atoms with Gasteiger partial charge < -0.3 is 4.90 Å². The molecule has 2 aliphatic carbocycles. The zero-order valence-electron chi connectivity index (χ0n) is 19.6. The Morgan fingerprint density at radius 2 is 1.23 bits per heavy atom. The third-order valence-corrected chi connectivity index (χ3v) is 7.91. The third-order valence-electron chi connectivity index (χ3n) is 7.91. The Bertz CT molecular complexity index is 574. The van der Waals surface area contributed by atoms with Gasteiger partial charge in [-0.1, -0.05) is 57.8 Å². The topological polar surface area (TPSA) is 49.8 Å². The van der Waals surface area contributed by atoms with E-state index in [1.54, 1.807) is 0 Å². The van der Waals surface area contributed by atoms with Gasteiger partial charge >= 0.3 is 12.1 Å². The summed E-state index contributed by atoms with van der Waals surface area (Å²) in [6, 6.07) is 0.166. The zero-order valence-corrected chi connectivity index (χ0v) is 19.6. The Morgan fingerprint density at radius 3 is 1.74 bits per heavy atom. The summed E-state index contributed by atoms with van der Waals surface area (Å²) in [6.07, 6.45) is 17.7. The predicted molar refractivity (Wildman–Crippen MR) is 124 cm³/mol. The van der Waals surface area contributed by atoms with E-state index in [4.69, 9.17) is 0 Å². The molecule has 4 rings (SSSR count). The van der Waals surface area contributed by atoms with Crippen LogP contribution in [0.5, 0.6) is 0 Å². The van der Waals surface area contributed by atoms with Crippen LogP contribution < -0.4 is 5.01 Å². The molecule has 1 radical (unpaired) electrons. The van der Waals surface area contributed by atoms with Crippen LogP contribution in [0.4, 0.5) is 9.59 Å². The molecule has 6 heteroatoms. The number of urea groups is 2. The highest BCUT2D eigenvalue weighted by Gasteiger charge is 2.44. The quantitative estimate of drug-likeness (QED) is 0.421. The van der Waals surface area contributed by atoms with Gasteiger partial charge in [-0.3, -0.25) is 4.90 Å². The Balaban J connectivity index is 1.50. The SMILES string of the molecule is O=C(N1CCCCCC1)N(CCC1CC1)[N+](CCC1CCC1)C(=O)N1CCCCCC1. The molecule has 2 saturated carbocycles. The fraction of sp³-hybridized carbons (Fsp3) is 0.920. The Hall–Kier alpha value is -1.30. The molecule has 6 nitrogen and oxygen atoms in total. The number of carbonyl (C=O) groups is 2. The van der Waals surface area contributed by atoms with Crippen molar-refractivity contribution in [1.82, 2.24) is 19.8 Å². The molecule has 0 atom stereocenters. The monoisotopic (exact) mass is 432 g/mol. The maximum Gasteiger partial charge on any atom is 0.495 e. The minimum absolute atomic E-state index is 0.0827. The molecule has 31 heavy (non-hydrogen) atoms. The number of likely N-dealkylation sites (tertiary alicyclic amines) is 2. The van der Waals surface area contributed by atoms with Crippen LogP contribution in [-0.4, -0.2) is 66.1 Å². The van der Waals surface area contributed by atoms with Gasteiger partial charge in [-0.05, 0) is 43.9 Å². The normalized spacial score (nSPS) is 23.3. The van der Waals surface area contributed by atoms with Crippen LogP contribution in [0, 0.1) is 11.8 Å². The van der Waals surface area contributed by atoms with Crippen molar-refractivity contribution in [2.45, 2.75) is 96.3 Å². The van der Waals surface area contributed by atoms with Crippen molar-refractivity contribution in [3.8, 4) is 0 Å². The summed E-state index contributed by atoms with van der Waals surface area (Å²) in [5, 5.41) is 3.77. The molecule has 0 aromatic rings. The third kappa shape index (κ3) is 6.59. The van der Waals surface area contributed by atoms with E-state index < -0.39 is 0 Å². The van der Waals surface area contributed by atoms with Crippen LogP contribution in [-0.2, 0) is 0 Å². The van der Waals surface area contributed by atoms with E-state index in [2.05, 4.69) is 0 Å². The number of rotatable bonds is 6. The van der Waals surface area contributed by atoms with Crippen LogP contribution in [0.25, 0.3) is 0 Å². The van der Waals surface area contributed by atoms with Gasteiger partial charge in [-0.2, -0.15) is 4.79 Å². The second-order valence-electron chi connectivity index (χ2n) is 10.4. The van der Waals surface area contributed by atoms with E-state index in [9.17, 15) is 9.59 Å². The van der Waals surface area contributed by atoms with Crippen LogP contribution in [0.2, 0.25) is 0 Å². The number of hydrogen-bond donors (Lipinski definition) is 0. The average Bonchev–Trinajstić information content (AvgIpc) is 3.59. The molecule has 2 aliphatic heterocycles. The van der Waals surface area contributed by atoms with Crippen LogP contribution in [0.15, 0.2) is 0 Å². The molecule has 0 aromatic heterocycles. The number of nitrogens with zero attached hydrogens (tertiary/aromatic N) is 4. The van der Waals surface area contributed by atoms with Crippen molar-refractivity contribution < 1.29 is 9.59 Å². The van der Waals surface area contributed by atoms with Crippen molar-refractivity contribution in [3.63, 3.8) is 0 Å². The molecule has 2 saturated heterocycles. The lowest BCUT2D eigenvalue weighted by Gasteiger charge is -2.32. The van der Waals surface area contributed by atoms with Gasteiger partial charge in [0, 0.05) is 37.6 Å². The summed E-state index contributed by atoms with van der Waals surface area (Å²) >= 11 is 0. The first-order chi connectivity index (χ1) is 15.2. The Kier molecular flexibility index (Phi) is 8.51. The summed E-state index contributed by atoms with van der Waals surface area (Å²) in [4.78, 5) is 31.6. The molecule has 4 fully saturated rings. The Morgan fingerprint density at radius 1 is 0.677 bits per heavy atom. The van der Waals surface area contributed by atoms with E-state index in [1.807, 2.05) is 19.8 Å². The first-order valence-corrected chi connectivity index (χ1v) is 13.3. The standard InChI is InChI=1S/C25H44N4O2/c30-24(26-16-5-1-2-6-17-26)28(20-14-22-10-9-11-22)29(21-15-23-12-13-23)25(31)27-18-7-3-4-8-19-27/h22-23H,1-21H2/q+1. The van der Waals surface area contributed by atoms with Gasteiger partial charge in [0.05, 0.1) is 6.54 Å². The van der Waals surface area contributed by atoms with E-state index in [-0.39, 0.29) is 12.1 Å². The van der Waals surface area contributed by atoms with Crippen molar-refractivity contribution in [2.75, 3.05) is 39.3 Å². The smallest absolute Gasteiger partial charge is 0.321 e. The minimum atomic E-state index is 0.0827. The van der Waals surface area contributed by atoms with E-state index in [0.717, 1.165) is 76.5 Å². The van der Waals surface area contributed by atoms with Gasteiger partial charge in [0.1, 0.15) is 0 Å². The van der Waals surface area contributed by atoms with E-state index >= 15 is 0 Å². The number of hydrogen-bond acceptors (Lipinski definition) is 2. The summed E-state index contributed by atoms with van der Waals surface area (Å²) in [7, 11) is 0. The van der Waals surface area contributed by atoms with Crippen molar-refractivity contribution in [1.29, 1.82) is 0 Å². The van der Waals surface area contributed by atoms with Crippen LogP contribution >= 0.6 is 0 Å².